The van der Waals surface area contributed by atoms with E-state index in [9.17, 15) is 4.79 Å². The Kier molecular flexibility index (Phi) is 6.39. The highest BCUT2D eigenvalue weighted by molar-refractivity contribution is 5.94. The van der Waals surface area contributed by atoms with Gasteiger partial charge in [0.15, 0.2) is 18.1 Å². The second kappa shape index (κ2) is 8.95. The number of amides is 1. The van der Waals surface area contributed by atoms with Crippen molar-refractivity contribution in [3.63, 3.8) is 0 Å². The highest BCUT2D eigenvalue weighted by Crippen LogP contribution is 2.28. The van der Waals surface area contributed by atoms with Gasteiger partial charge in [-0.15, -0.1) is 0 Å². The largest absolute Gasteiger partial charge is 0.493 e. The monoisotopic (exact) mass is 335 g/mol. The summed E-state index contributed by atoms with van der Waals surface area (Å²) in [4.78, 5) is 14.1. The average Bonchev–Trinajstić information content (AvgIpc) is 2.67. The number of hydrogen-bond donors (Lipinski definition) is 0. The van der Waals surface area contributed by atoms with Gasteiger partial charge in [0, 0.05) is 18.3 Å². The first kappa shape index (κ1) is 17.8. The van der Waals surface area contributed by atoms with Gasteiger partial charge in [0.2, 0.25) is 0 Å². The normalized spacial score (nSPS) is 9.56. The molecule has 0 fully saturated rings. The molecule has 0 bridgehead atoms. The molecule has 25 heavy (non-hydrogen) atoms. The molecule has 0 saturated heterocycles. The van der Waals surface area contributed by atoms with Crippen LogP contribution in [0.25, 0.3) is 0 Å². The minimum absolute atomic E-state index is 0.206. The van der Waals surface area contributed by atoms with E-state index in [1.807, 2.05) is 30.3 Å². The van der Waals surface area contributed by atoms with Crippen LogP contribution < -0.4 is 14.4 Å². The maximum Gasteiger partial charge on any atom is 0.264 e. The maximum atomic E-state index is 12.5. The van der Waals surface area contributed by atoms with Gasteiger partial charge in [0.25, 0.3) is 5.91 Å². The van der Waals surface area contributed by atoms with Crippen molar-refractivity contribution in [1.82, 2.24) is 0 Å². The number of rotatable bonds is 7. The summed E-state index contributed by atoms with van der Waals surface area (Å²) in [6.45, 7) is 0.0792. The van der Waals surface area contributed by atoms with Crippen LogP contribution in [-0.2, 0) is 4.79 Å². The van der Waals surface area contributed by atoms with Crippen molar-refractivity contribution in [3.8, 4) is 23.6 Å². The van der Waals surface area contributed by atoms with Gasteiger partial charge in [-0.1, -0.05) is 18.2 Å². The minimum atomic E-state index is -0.270. The molecule has 2 aromatic rings. The lowest BCUT2D eigenvalue weighted by Gasteiger charge is -2.22. The molecule has 0 heterocycles. The maximum absolute atomic E-state index is 12.5. The highest BCUT2D eigenvalue weighted by Gasteiger charge is 2.17. The standard InChI is InChI=1S/C19H17N3O3/c1-24-18-12-15(13-21)8-9-17(18)25-14-19(23)22(11-5-10-20)16-6-3-2-4-7-16/h2-4,6-9,12H,5,11,14H2,1H3. The molecular weight excluding hydrogens is 318 g/mol. The molecule has 2 rings (SSSR count). The first-order valence-electron chi connectivity index (χ1n) is 7.63. The number of ether oxygens (including phenoxy) is 2. The van der Waals surface area contributed by atoms with Crippen molar-refractivity contribution < 1.29 is 14.3 Å². The average molecular weight is 335 g/mol. The van der Waals surface area contributed by atoms with Crippen LogP contribution in [0.2, 0.25) is 0 Å². The van der Waals surface area contributed by atoms with Gasteiger partial charge >= 0.3 is 0 Å². The fourth-order valence-electron chi connectivity index (χ4n) is 2.24. The Hall–Kier alpha value is -3.51. The van der Waals surface area contributed by atoms with Gasteiger partial charge < -0.3 is 14.4 Å². The predicted molar refractivity (Wildman–Crippen MR) is 92.2 cm³/mol. The van der Waals surface area contributed by atoms with Crippen molar-refractivity contribution >= 4 is 11.6 Å². The Labute approximate surface area is 146 Å². The molecule has 0 unspecified atom stereocenters. The Bertz CT molecular complexity index is 807. The first-order valence-corrected chi connectivity index (χ1v) is 7.63. The SMILES string of the molecule is COc1cc(C#N)ccc1OCC(=O)N(CCC#N)c1ccccc1. The number of benzene rings is 2. The summed E-state index contributed by atoms with van der Waals surface area (Å²) in [7, 11) is 1.47. The number of anilines is 1. The van der Waals surface area contributed by atoms with Crippen LogP contribution in [0.3, 0.4) is 0 Å². The predicted octanol–water partition coefficient (Wildman–Crippen LogP) is 2.89. The van der Waals surface area contributed by atoms with Crippen molar-refractivity contribution in [2.75, 3.05) is 25.2 Å². The zero-order chi connectivity index (χ0) is 18.1. The summed E-state index contributed by atoms with van der Waals surface area (Å²) in [5, 5.41) is 17.7. The van der Waals surface area contributed by atoms with E-state index in [4.69, 9.17) is 20.0 Å². The van der Waals surface area contributed by atoms with Crippen LogP contribution in [0.1, 0.15) is 12.0 Å². The van der Waals surface area contributed by atoms with Gasteiger partial charge in [-0.05, 0) is 24.3 Å². The lowest BCUT2D eigenvalue weighted by molar-refractivity contribution is -0.120. The van der Waals surface area contributed by atoms with Crippen molar-refractivity contribution in [3.05, 3.63) is 54.1 Å². The quantitative estimate of drug-likeness (QED) is 0.776. The summed E-state index contributed by atoms with van der Waals surface area (Å²) < 4.78 is 10.7. The van der Waals surface area contributed by atoms with E-state index < -0.39 is 0 Å². The smallest absolute Gasteiger partial charge is 0.264 e. The number of carbonyl (C=O) groups excluding carboxylic acids is 1. The highest BCUT2D eigenvalue weighted by atomic mass is 16.5. The fourth-order valence-corrected chi connectivity index (χ4v) is 2.24. The number of methoxy groups -OCH3 is 1. The van der Waals surface area contributed by atoms with E-state index in [1.54, 1.807) is 30.3 Å². The molecule has 0 aliphatic heterocycles. The van der Waals surface area contributed by atoms with Gasteiger partial charge in [-0.2, -0.15) is 10.5 Å². The zero-order valence-corrected chi connectivity index (χ0v) is 13.8. The molecule has 6 heteroatoms. The summed E-state index contributed by atoms with van der Waals surface area (Å²) in [5.41, 5.74) is 1.15. The third-order valence-electron chi connectivity index (χ3n) is 3.46. The number of nitrogens with zero attached hydrogens (tertiary/aromatic N) is 3. The molecular formula is C19H17N3O3. The molecule has 1 amide bonds. The van der Waals surface area contributed by atoms with Crippen LogP contribution in [0.4, 0.5) is 5.69 Å². The molecule has 0 radical (unpaired) electrons. The number of carbonyl (C=O) groups is 1. The Morgan fingerprint density at radius 3 is 2.52 bits per heavy atom. The van der Waals surface area contributed by atoms with Gasteiger partial charge in [-0.25, -0.2) is 0 Å². The van der Waals surface area contributed by atoms with E-state index in [0.717, 1.165) is 0 Å². The van der Waals surface area contributed by atoms with Crippen molar-refractivity contribution in [2.45, 2.75) is 6.42 Å². The third-order valence-corrected chi connectivity index (χ3v) is 3.46. The van der Waals surface area contributed by atoms with E-state index >= 15 is 0 Å². The second-order valence-electron chi connectivity index (χ2n) is 5.06. The fraction of sp³-hybridized carbons (Fsp3) is 0.211. The molecule has 0 aromatic heterocycles. The van der Waals surface area contributed by atoms with Crippen molar-refractivity contribution in [2.24, 2.45) is 0 Å². The molecule has 2 aromatic carbocycles. The first-order chi connectivity index (χ1) is 12.2. The summed E-state index contributed by atoms with van der Waals surface area (Å²) in [6.07, 6.45) is 0.223. The molecule has 126 valence electrons. The van der Waals surface area contributed by atoms with E-state index in [0.29, 0.717) is 22.7 Å². The van der Waals surface area contributed by atoms with E-state index in [1.165, 1.54) is 12.0 Å². The van der Waals surface area contributed by atoms with Gasteiger partial charge in [-0.3, -0.25) is 4.79 Å². The molecule has 6 nitrogen and oxygen atoms in total. The molecule has 0 atom stereocenters. The molecule has 0 aliphatic carbocycles. The lowest BCUT2D eigenvalue weighted by atomic mass is 10.2. The Morgan fingerprint density at radius 1 is 1.12 bits per heavy atom. The van der Waals surface area contributed by atoms with Gasteiger partial charge in [0.05, 0.1) is 31.2 Å². The summed E-state index contributed by atoms with van der Waals surface area (Å²) in [5.74, 6) is 0.492. The minimum Gasteiger partial charge on any atom is -0.493 e. The lowest BCUT2D eigenvalue weighted by Crippen LogP contribution is -2.35. The van der Waals surface area contributed by atoms with Crippen LogP contribution in [0, 0.1) is 22.7 Å². The topological polar surface area (TPSA) is 86.3 Å². The van der Waals surface area contributed by atoms with Crippen molar-refractivity contribution in [1.29, 1.82) is 10.5 Å². The Morgan fingerprint density at radius 2 is 1.88 bits per heavy atom. The third kappa shape index (κ3) is 4.73. The summed E-state index contributed by atoms with van der Waals surface area (Å²) in [6, 6.07) is 17.9. The van der Waals surface area contributed by atoms with E-state index in [-0.39, 0.29) is 25.5 Å². The van der Waals surface area contributed by atoms with Crippen LogP contribution >= 0.6 is 0 Å². The molecule has 0 spiro atoms. The Balaban J connectivity index is 2.11. The molecule has 0 N–H and O–H groups in total. The van der Waals surface area contributed by atoms with E-state index in [2.05, 4.69) is 0 Å². The zero-order valence-electron chi connectivity index (χ0n) is 13.8. The van der Waals surface area contributed by atoms with Gasteiger partial charge in [0.1, 0.15) is 0 Å². The van der Waals surface area contributed by atoms with Crippen LogP contribution in [0.15, 0.2) is 48.5 Å². The second-order valence-corrected chi connectivity index (χ2v) is 5.06. The number of hydrogen-bond acceptors (Lipinski definition) is 5. The number of nitriles is 2. The van der Waals surface area contributed by atoms with Crippen LogP contribution in [-0.4, -0.2) is 26.2 Å². The number of para-hydroxylation sites is 1. The molecule has 0 aliphatic rings. The summed E-state index contributed by atoms with van der Waals surface area (Å²) >= 11 is 0. The molecule has 0 saturated carbocycles. The van der Waals surface area contributed by atoms with Crippen LogP contribution in [0.5, 0.6) is 11.5 Å².